The molecule has 0 radical (unpaired) electrons. The molecule has 0 rings (SSSR count). The minimum Gasteiger partial charge on any atom is -0.480 e. The molecule has 5 N–H and O–H groups in total. The maximum Gasteiger partial charge on any atom is 0.326 e. The Labute approximate surface area is 110 Å². The first-order valence-electron chi connectivity index (χ1n) is 5.35. The molecule has 1 unspecified atom stereocenters. The van der Waals surface area contributed by atoms with Crippen molar-refractivity contribution in [1.82, 2.24) is 10.6 Å². The van der Waals surface area contributed by atoms with Gasteiger partial charge in [-0.15, -0.1) is 0 Å². The summed E-state index contributed by atoms with van der Waals surface area (Å²) in [6, 6.07) is -2.21. The fourth-order valence-corrected chi connectivity index (χ4v) is 1.82. The van der Waals surface area contributed by atoms with E-state index in [0.717, 1.165) is 6.26 Å². The Bertz CT molecular complexity index is 447. The van der Waals surface area contributed by atoms with E-state index in [9.17, 15) is 22.8 Å². The van der Waals surface area contributed by atoms with E-state index in [0.29, 0.717) is 0 Å². The van der Waals surface area contributed by atoms with E-state index in [4.69, 9.17) is 10.8 Å². The number of nitrogens with one attached hydrogen (secondary N) is 2. The van der Waals surface area contributed by atoms with Crippen LogP contribution in [0, 0.1) is 0 Å². The lowest BCUT2D eigenvalue weighted by Gasteiger charge is -2.13. The Morgan fingerprint density at radius 2 is 1.89 bits per heavy atom. The maximum absolute atomic E-state index is 11.3. The molecule has 0 saturated carbocycles. The van der Waals surface area contributed by atoms with Gasteiger partial charge in [-0.25, -0.2) is 18.0 Å². The molecule has 110 valence electrons. The Kier molecular flexibility index (Phi) is 6.83. The number of urea groups is 1. The molecule has 19 heavy (non-hydrogen) atoms. The molecule has 0 spiro atoms. The molecule has 1 atom stereocenters. The van der Waals surface area contributed by atoms with Gasteiger partial charge in [0.2, 0.25) is 5.91 Å². The number of carbonyl (C=O) groups excluding carboxylic acids is 2. The van der Waals surface area contributed by atoms with E-state index in [1.54, 1.807) is 0 Å². The van der Waals surface area contributed by atoms with Crippen LogP contribution in [0.5, 0.6) is 0 Å². The van der Waals surface area contributed by atoms with Gasteiger partial charge in [0.15, 0.2) is 0 Å². The summed E-state index contributed by atoms with van der Waals surface area (Å²) in [5, 5.41) is 13.0. The number of carbonyl (C=O) groups is 3. The highest BCUT2D eigenvalue weighted by Crippen LogP contribution is 1.92. The van der Waals surface area contributed by atoms with Crippen LogP contribution in [0.1, 0.15) is 12.8 Å². The van der Waals surface area contributed by atoms with Crippen molar-refractivity contribution in [3.8, 4) is 0 Å². The molecule has 0 aromatic rings. The SMILES string of the molecule is CS(=O)(=O)CCCNC(=O)NC(CC(N)=O)C(=O)O. The van der Waals surface area contributed by atoms with E-state index in [-0.39, 0.29) is 18.7 Å². The van der Waals surface area contributed by atoms with Crippen molar-refractivity contribution in [2.75, 3.05) is 18.6 Å². The topological polar surface area (TPSA) is 156 Å². The summed E-state index contributed by atoms with van der Waals surface area (Å²) in [5.74, 6) is -2.33. The monoisotopic (exact) mass is 295 g/mol. The smallest absolute Gasteiger partial charge is 0.326 e. The van der Waals surface area contributed by atoms with Crippen molar-refractivity contribution in [3.63, 3.8) is 0 Å². The molecule has 0 aliphatic carbocycles. The third kappa shape index (κ3) is 9.83. The summed E-state index contributed by atoms with van der Waals surface area (Å²) < 4.78 is 21.6. The van der Waals surface area contributed by atoms with Gasteiger partial charge < -0.3 is 21.5 Å². The van der Waals surface area contributed by atoms with E-state index < -0.39 is 40.2 Å². The number of aliphatic carboxylic acids is 1. The molecule has 0 heterocycles. The minimum atomic E-state index is -3.10. The van der Waals surface area contributed by atoms with Crippen LogP contribution in [-0.4, -0.2) is 56.0 Å². The molecule has 0 fully saturated rings. The Balaban J connectivity index is 4.07. The molecule has 0 aromatic heterocycles. The molecule has 10 heteroatoms. The molecule has 9 nitrogen and oxygen atoms in total. The second kappa shape index (κ2) is 7.56. The zero-order valence-electron chi connectivity index (χ0n) is 10.4. The van der Waals surface area contributed by atoms with Gasteiger partial charge in [0.1, 0.15) is 15.9 Å². The van der Waals surface area contributed by atoms with Crippen molar-refractivity contribution in [1.29, 1.82) is 0 Å². The van der Waals surface area contributed by atoms with Crippen molar-refractivity contribution in [2.24, 2.45) is 5.73 Å². The molecule has 0 aromatic carbocycles. The fourth-order valence-electron chi connectivity index (χ4n) is 1.15. The standard InChI is InChI=1S/C9H17N3O6S/c1-19(17,18)4-2-3-11-9(16)12-6(8(14)15)5-7(10)13/h6H,2-5H2,1H3,(H2,10,13)(H,14,15)(H2,11,12,16). The van der Waals surface area contributed by atoms with Crippen LogP contribution in [0.15, 0.2) is 0 Å². The third-order valence-electron chi connectivity index (χ3n) is 1.99. The Morgan fingerprint density at radius 1 is 1.32 bits per heavy atom. The van der Waals surface area contributed by atoms with Gasteiger partial charge in [-0.2, -0.15) is 0 Å². The number of carboxylic acid groups (broad SMARTS) is 1. The summed E-state index contributed by atoms with van der Waals surface area (Å²) in [7, 11) is -3.10. The Morgan fingerprint density at radius 3 is 2.32 bits per heavy atom. The first kappa shape index (κ1) is 17.2. The van der Waals surface area contributed by atoms with Crippen LogP contribution in [0.2, 0.25) is 0 Å². The quantitative estimate of drug-likeness (QED) is 0.381. The molecular weight excluding hydrogens is 278 g/mol. The predicted molar refractivity (Wildman–Crippen MR) is 66.1 cm³/mol. The number of primary amides is 1. The summed E-state index contributed by atoms with van der Waals surface area (Å²) in [5.41, 5.74) is 4.84. The zero-order chi connectivity index (χ0) is 15.1. The van der Waals surface area contributed by atoms with E-state index in [1.165, 1.54) is 0 Å². The van der Waals surface area contributed by atoms with Crippen LogP contribution < -0.4 is 16.4 Å². The summed E-state index contributed by atoms with van der Waals surface area (Å²) in [4.78, 5) is 32.6. The normalized spacial score (nSPS) is 12.5. The largest absolute Gasteiger partial charge is 0.480 e. The van der Waals surface area contributed by atoms with Crippen molar-refractivity contribution >= 4 is 27.7 Å². The minimum absolute atomic E-state index is 0.0712. The second-order valence-electron chi connectivity index (χ2n) is 3.94. The maximum atomic E-state index is 11.3. The number of rotatable bonds is 8. The van der Waals surface area contributed by atoms with Crippen molar-refractivity contribution in [2.45, 2.75) is 18.9 Å². The zero-order valence-corrected chi connectivity index (χ0v) is 11.2. The second-order valence-corrected chi connectivity index (χ2v) is 6.20. The molecule has 0 saturated heterocycles. The lowest BCUT2D eigenvalue weighted by Crippen LogP contribution is -2.47. The number of amides is 3. The van der Waals surface area contributed by atoms with Crippen molar-refractivity contribution in [3.05, 3.63) is 0 Å². The number of carboxylic acids is 1. The van der Waals surface area contributed by atoms with Crippen LogP contribution in [0.25, 0.3) is 0 Å². The summed E-state index contributed by atoms with van der Waals surface area (Å²) in [6.07, 6.45) is 0.756. The molecular formula is C9H17N3O6S. The van der Waals surface area contributed by atoms with Crippen LogP contribution >= 0.6 is 0 Å². The number of nitrogens with two attached hydrogens (primary N) is 1. The average Bonchev–Trinajstić information content (AvgIpc) is 2.21. The highest BCUT2D eigenvalue weighted by atomic mass is 32.2. The van der Waals surface area contributed by atoms with Gasteiger partial charge in [0.05, 0.1) is 12.2 Å². The van der Waals surface area contributed by atoms with E-state index in [2.05, 4.69) is 5.32 Å². The Hall–Kier alpha value is -1.84. The molecule has 0 bridgehead atoms. The summed E-state index contributed by atoms with van der Waals surface area (Å²) in [6.45, 7) is 0.0712. The van der Waals surface area contributed by atoms with Gasteiger partial charge in [-0.1, -0.05) is 0 Å². The van der Waals surface area contributed by atoms with E-state index >= 15 is 0 Å². The van der Waals surface area contributed by atoms with Crippen LogP contribution in [0.3, 0.4) is 0 Å². The first-order valence-corrected chi connectivity index (χ1v) is 7.41. The highest BCUT2D eigenvalue weighted by Gasteiger charge is 2.21. The van der Waals surface area contributed by atoms with Crippen LogP contribution in [0.4, 0.5) is 4.79 Å². The predicted octanol–water partition coefficient (Wildman–Crippen LogP) is -1.95. The van der Waals surface area contributed by atoms with Gasteiger partial charge in [0.25, 0.3) is 0 Å². The van der Waals surface area contributed by atoms with Crippen LogP contribution in [-0.2, 0) is 19.4 Å². The van der Waals surface area contributed by atoms with Gasteiger partial charge in [0, 0.05) is 12.8 Å². The average molecular weight is 295 g/mol. The molecule has 3 amide bonds. The first-order chi connectivity index (χ1) is 8.61. The van der Waals surface area contributed by atoms with Crippen molar-refractivity contribution < 1.29 is 27.9 Å². The molecule has 0 aliphatic heterocycles. The lowest BCUT2D eigenvalue weighted by molar-refractivity contribution is -0.140. The fraction of sp³-hybridized carbons (Fsp3) is 0.667. The number of sulfone groups is 1. The highest BCUT2D eigenvalue weighted by molar-refractivity contribution is 7.90. The van der Waals surface area contributed by atoms with E-state index in [1.807, 2.05) is 5.32 Å². The van der Waals surface area contributed by atoms with Gasteiger partial charge in [-0.3, -0.25) is 4.79 Å². The number of hydrogen-bond acceptors (Lipinski definition) is 5. The lowest BCUT2D eigenvalue weighted by atomic mass is 10.2. The molecule has 0 aliphatic rings. The summed E-state index contributed by atoms with van der Waals surface area (Å²) >= 11 is 0. The van der Waals surface area contributed by atoms with Gasteiger partial charge in [-0.05, 0) is 6.42 Å². The number of hydrogen-bond donors (Lipinski definition) is 4. The van der Waals surface area contributed by atoms with Gasteiger partial charge >= 0.3 is 12.0 Å². The third-order valence-corrected chi connectivity index (χ3v) is 3.02.